The van der Waals surface area contributed by atoms with Crippen molar-refractivity contribution in [2.45, 2.75) is 44.9 Å². The third-order valence-electron chi connectivity index (χ3n) is 6.20. The highest BCUT2D eigenvalue weighted by Crippen LogP contribution is 2.44. The number of pyridine rings is 1. The quantitative estimate of drug-likeness (QED) is 0.461. The number of nitrogens with one attached hydrogen (secondary N) is 1. The predicted octanol–water partition coefficient (Wildman–Crippen LogP) is 5.21. The van der Waals surface area contributed by atoms with Crippen molar-refractivity contribution in [1.29, 1.82) is 0 Å². The van der Waals surface area contributed by atoms with Crippen LogP contribution >= 0.6 is 0 Å². The van der Waals surface area contributed by atoms with E-state index in [0.29, 0.717) is 22.7 Å². The molecule has 0 bridgehead atoms. The maximum Gasteiger partial charge on any atom is 0.259 e. The predicted molar refractivity (Wildman–Crippen MR) is 120 cm³/mol. The Balaban J connectivity index is 1.57. The van der Waals surface area contributed by atoms with Gasteiger partial charge in [-0.1, -0.05) is 19.4 Å². The first-order valence-electron chi connectivity index (χ1n) is 10.8. The van der Waals surface area contributed by atoms with Crippen molar-refractivity contribution in [2.24, 2.45) is 5.41 Å². The zero-order valence-corrected chi connectivity index (χ0v) is 17.6. The van der Waals surface area contributed by atoms with Crippen LogP contribution in [0.4, 0.5) is 11.5 Å². The van der Waals surface area contributed by atoms with Gasteiger partial charge in [0.2, 0.25) is 0 Å². The van der Waals surface area contributed by atoms with Crippen LogP contribution in [-0.4, -0.2) is 30.3 Å². The van der Waals surface area contributed by atoms with Crippen LogP contribution in [-0.2, 0) is 0 Å². The molecule has 5 heteroatoms. The average Bonchev–Trinajstić information content (AvgIpc) is 3.57. The molecule has 156 valence electrons. The Kier molecular flexibility index (Phi) is 5.71. The minimum absolute atomic E-state index is 0.157. The number of hydrogen-bond donors (Lipinski definition) is 1. The van der Waals surface area contributed by atoms with Crippen LogP contribution in [0.15, 0.2) is 49.2 Å². The first-order valence-corrected chi connectivity index (χ1v) is 10.8. The minimum Gasteiger partial charge on any atom is -0.355 e. The Hall–Kier alpha value is -2.95. The first kappa shape index (κ1) is 20.3. The summed E-state index contributed by atoms with van der Waals surface area (Å²) >= 11 is 0. The number of aromatic nitrogens is 1. The SMILES string of the molecule is C=CCC1(CCC)CN(c2ncc(C3CC3)cc2C(=O)Nc2ccc(C=O)cc2)C1. The van der Waals surface area contributed by atoms with Crippen molar-refractivity contribution in [1.82, 2.24) is 4.98 Å². The van der Waals surface area contributed by atoms with Gasteiger partial charge in [-0.2, -0.15) is 0 Å². The van der Waals surface area contributed by atoms with Crippen LogP contribution in [0.1, 0.15) is 71.2 Å². The van der Waals surface area contributed by atoms with Crippen LogP contribution in [0, 0.1) is 5.41 Å². The third-order valence-corrected chi connectivity index (χ3v) is 6.20. The zero-order chi connectivity index (χ0) is 21.1. The molecule has 4 rings (SSSR count). The summed E-state index contributed by atoms with van der Waals surface area (Å²) < 4.78 is 0. The van der Waals surface area contributed by atoms with E-state index in [0.717, 1.165) is 62.9 Å². The monoisotopic (exact) mass is 403 g/mol. The number of aldehydes is 1. The lowest BCUT2D eigenvalue weighted by Gasteiger charge is -2.51. The Bertz CT molecular complexity index is 941. The molecule has 1 saturated carbocycles. The molecular formula is C25H29N3O2. The van der Waals surface area contributed by atoms with Crippen molar-refractivity contribution in [3.8, 4) is 0 Å². The number of carbonyl (C=O) groups is 2. The number of hydrogen-bond acceptors (Lipinski definition) is 4. The van der Waals surface area contributed by atoms with E-state index in [1.165, 1.54) is 0 Å². The van der Waals surface area contributed by atoms with Crippen molar-refractivity contribution in [3.63, 3.8) is 0 Å². The second-order valence-electron chi connectivity index (χ2n) is 8.71. The number of anilines is 2. The van der Waals surface area contributed by atoms with Crippen LogP contribution in [0.25, 0.3) is 0 Å². The van der Waals surface area contributed by atoms with E-state index in [1.807, 2.05) is 18.3 Å². The molecule has 1 aliphatic heterocycles. The fraction of sp³-hybridized carbons (Fsp3) is 0.400. The molecule has 1 aliphatic carbocycles. The summed E-state index contributed by atoms with van der Waals surface area (Å²) in [6, 6.07) is 8.92. The molecule has 2 aromatic rings. The molecule has 1 N–H and O–H groups in total. The molecule has 30 heavy (non-hydrogen) atoms. The molecule has 0 radical (unpaired) electrons. The highest BCUT2D eigenvalue weighted by atomic mass is 16.1. The summed E-state index contributed by atoms with van der Waals surface area (Å²) in [6.45, 7) is 7.94. The van der Waals surface area contributed by atoms with Crippen LogP contribution in [0.3, 0.4) is 0 Å². The van der Waals surface area contributed by atoms with Gasteiger partial charge in [0.05, 0.1) is 5.56 Å². The second-order valence-corrected chi connectivity index (χ2v) is 8.71. The number of amides is 1. The maximum absolute atomic E-state index is 13.2. The highest BCUT2D eigenvalue weighted by molar-refractivity contribution is 6.08. The highest BCUT2D eigenvalue weighted by Gasteiger charge is 2.43. The summed E-state index contributed by atoms with van der Waals surface area (Å²) in [6.07, 6.45) is 10.4. The van der Waals surface area contributed by atoms with Crippen LogP contribution < -0.4 is 10.2 Å². The van der Waals surface area contributed by atoms with Crippen molar-refractivity contribution in [2.75, 3.05) is 23.3 Å². The number of rotatable bonds is 9. The standard InChI is InChI=1S/C25H29N3O2/c1-3-11-25(12-4-2)16-28(17-25)23-22(13-20(14-26-23)19-7-8-19)24(30)27-21-9-5-18(15-29)6-10-21/h3,5-6,9-10,13-15,19H,1,4,7-8,11-12,16-17H2,2H3,(H,27,30). The van der Waals surface area contributed by atoms with Crippen molar-refractivity contribution in [3.05, 3.63) is 65.9 Å². The van der Waals surface area contributed by atoms with Crippen LogP contribution in [0.2, 0.25) is 0 Å². The van der Waals surface area contributed by atoms with Crippen LogP contribution in [0.5, 0.6) is 0 Å². The Labute approximate surface area is 178 Å². The Morgan fingerprint density at radius 3 is 2.63 bits per heavy atom. The smallest absolute Gasteiger partial charge is 0.259 e. The van der Waals surface area contributed by atoms with E-state index in [1.54, 1.807) is 24.3 Å². The van der Waals surface area contributed by atoms with Gasteiger partial charge in [0.15, 0.2) is 0 Å². The zero-order valence-electron chi connectivity index (χ0n) is 17.6. The average molecular weight is 404 g/mol. The molecule has 1 saturated heterocycles. The molecule has 0 atom stereocenters. The maximum atomic E-state index is 13.2. The fourth-order valence-electron chi connectivity index (χ4n) is 4.52. The summed E-state index contributed by atoms with van der Waals surface area (Å²) in [5, 5.41) is 2.97. The summed E-state index contributed by atoms with van der Waals surface area (Å²) in [5.41, 5.74) is 3.27. The molecule has 5 nitrogen and oxygen atoms in total. The molecular weight excluding hydrogens is 374 g/mol. The molecule has 0 unspecified atom stereocenters. The van der Waals surface area contributed by atoms with Gasteiger partial charge in [0, 0.05) is 36.0 Å². The molecule has 0 spiro atoms. The molecule has 2 heterocycles. The van der Waals surface area contributed by atoms with E-state index in [9.17, 15) is 9.59 Å². The van der Waals surface area contributed by atoms with Gasteiger partial charge >= 0.3 is 0 Å². The second kappa shape index (κ2) is 8.42. The molecule has 2 aliphatic rings. The van der Waals surface area contributed by atoms with Crippen molar-refractivity contribution >= 4 is 23.7 Å². The number of nitrogens with zero attached hydrogens (tertiary/aromatic N) is 2. The van der Waals surface area contributed by atoms with Gasteiger partial charge < -0.3 is 10.2 Å². The Morgan fingerprint density at radius 2 is 2.03 bits per heavy atom. The molecule has 1 aromatic carbocycles. The fourth-order valence-corrected chi connectivity index (χ4v) is 4.52. The topological polar surface area (TPSA) is 62.3 Å². The van der Waals surface area contributed by atoms with Gasteiger partial charge in [-0.05, 0) is 67.5 Å². The molecule has 1 aromatic heterocycles. The van der Waals surface area contributed by atoms with E-state index < -0.39 is 0 Å². The van der Waals surface area contributed by atoms with Gasteiger partial charge in [-0.15, -0.1) is 6.58 Å². The molecule has 2 fully saturated rings. The first-order chi connectivity index (χ1) is 14.6. The summed E-state index contributed by atoms with van der Waals surface area (Å²) in [5.74, 6) is 1.13. The normalized spacial score (nSPS) is 17.2. The number of carbonyl (C=O) groups excluding carboxylic acids is 2. The largest absolute Gasteiger partial charge is 0.355 e. The molecule has 1 amide bonds. The lowest BCUT2D eigenvalue weighted by atomic mass is 9.73. The minimum atomic E-state index is -0.157. The van der Waals surface area contributed by atoms with Crippen molar-refractivity contribution < 1.29 is 9.59 Å². The number of allylic oxidation sites excluding steroid dienone is 1. The van der Waals surface area contributed by atoms with E-state index in [4.69, 9.17) is 4.98 Å². The summed E-state index contributed by atoms with van der Waals surface area (Å²) in [4.78, 5) is 31.0. The van der Waals surface area contributed by atoms with Gasteiger partial charge in [0.1, 0.15) is 12.1 Å². The summed E-state index contributed by atoms with van der Waals surface area (Å²) in [7, 11) is 0. The lowest BCUT2D eigenvalue weighted by Crippen LogP contribution is -2.57. The number of benzene rings is 1. The van der Waals surface area contributed by atoms with Gasteiger partial charge in [-0.25, -0.2) is 4.98 Å². The van der Waals surface area contributed by atoms with Gasteiger partial charge in [0.25, 0.3) is 5.91 Å². The van der Waals surface area contributed by atoms with Gasteiger partial charge in [-0.3, -0.25) is 9.59 Å². The van der Waals surface area contributed by atoms with E-state index >= 15 is 0 Å². The lowest BCUT2D eigenvalue weighted by molar-refractivity contribution is 0.102. The third kappa shape index (κ3) is 4.16. The Morgan fingerprint density at radius 1 is 1.30 bits per heavy atom. The van der Waals surface area contributed by atoms with E-state index in [-0.39, 0.29) is 11.3 Å². The van der Waals surface area contributed by atoms with E-state index in [2.05, 4.69) is 23.7 Å².